The molecule has 1 aliphatic rings. The summed E-state index contributed by atoms with van der Waals surface area (Å²) in [6, 6.07) is 8.74. The van der Waals surface area contributed by atoms with Crippen molar-refractivity contribution in [3.8, 4) is 0 Å². The van der Waals surface area contributed by atoms with Gasteiger partial charge in [0.05, 0.1) is 0 Å². The van der Waals surface area contributed by atoms with E-state index in [0.717, 1.165) is 19.0 Å². The molecule has 1 atom stereocenters. The quantitative estimate of drug-likeness (QED) is 0.825. The van der Waals surface area contributed by atoms with Gasteiger partial charge in [-0.2, -0.15) is 0 Å². The summed E-state index contributed by atoms with van der Waals surface area (Å²) in [5, 5.41) is 4.85. The van der Waals surface area contributed by atoms with Gasteiger partial charge >= 0.3 is 0 Å². The summed E-state index contributed by atoms with van der Waals surface area (Å²) in [4.78, 5) is 3.26. The van der Waals surface area contributed by atoms with E-state index in [1.807, 2.05) is 6.20 Å². The highest BCUT2D eigenvalue weighted by atomic mass is 14.9. The molecule has 1 aliphatic carbocycles. The molecule has 0 radical (unpaired) electrons. The Morgan fingerprint density at radius 2 is 2.18 bits per heavy atom. The Bertz CT molecular complexity index is 524. The fourth-order valence-corrected chi connectivity index (χ4v) is 2.52. The van der Waals surface area contributed by atoms with E-state index in [-0.39, 0.29) is 0 Å². The molecule has 2 nitrogen and oxygen atoms in total. The monoisotopic (exact) mass is 228 g/mol. The number of aromatic nitrogens is 1. The van der Waals surface area contributed by atoms with Crippen LogP contribution in [0.4, 0.5) is 0 Å². The Hall–Kier alpha value is -1.28. The van der Waals surface area contributed by atoms with Crippen LogP contribution in [-0.4, -0.2) is 11.5 Å². The van der Waals surface area contributed by atoms with Crippen LogP contribution in [0.2, 0.25) is 0 Å². The van der Waals surface area contributed by atoms with E-state index in [9.17, 15) is 0 Å². The van der Waals surface area contributed by atoms with E-state index in [1.54, 1.807) is 0 Å². The highest BCUT2D eigenvalue weighted by Gasteiger charge is 2.44. The van der Waals surface area contributed by atoms with Gasteiger partial charge in [-0.05, 0) is 47.4 Å². The average Bonchev–Trinajstić information content (AvgIpc) is 2.74. The van der Waals surface area contributed by atoms with Gasteiger partial charge in [-0.15, -0.1) is 0 Å². The molecule has 0 bridgehead atoms. The number of fused-ring (bicyclic) bond motifs is 1. The molecule has 1 unspecified atom stereocenters. The number of rotatable bonds is 4. The number of H-pyrrole nitrogens is 1. The van der Waals surface area contributed by atoms with Crippen LogP contribution in [0.3, 0.4) is 0 Å². The largest absolute Gasteiger partial charge is 0.361 e. The van der Waals surface area contributed by atoms with Crippen LogP contribution in [-0.2, 0) is 6.54 Å². The number of benzene rings is 1. The van der Waals surface area contributed by atoms with Gasteiger partial charge in [0.2, 0.25) is 0 Å². The fourth-order valence-electron chi connectivity index (χ4n) is 2.52. The van der Waals surface area contributed by atoms with Crippen molar-refractivity contribution in [3.63, 3.8) is 0 Å². The summed E-state index contributed by atoms with van der Waals surface area (Å²) in [7, 11) is 0. The van der Waals surface area contributed by atoms with Crippen molar-refractivity contribution in [1.29, 1.82) is 0 Å². The molecule has 90 valence electrons. The first-order chi connectivity index (χ1) is 8.15. The molecule has 1 saturated carbocycles. The van der Waals surface area contributed by atoms with Gasteiger partial charge in [-0.3, -0.25) is 0 Å². The summed E-state index contributed by atoms with van der Waals surface area (Å²) < 4.78 is 0. The van der Waals surface area contributed by atoms with Crippen LogP contribution in [0.15, 0.2) is 30.5 Å². The maximum absolute atomic E-state index is 3.56. The van der Waals surface area contributed by atoms with Crippen molar-refractivity contribution < 1.29 is 0 Å². The van der Waals surface area contributed by atoms with E-state index in [2.05, 4.69) is 48.4 Å². The van der Waals surface area contributed by atoms with E-state index < -0.39 is 0 Å². The van der Waals surface area contributed by atoms with Gasteiger partial charge in [0.1, 0.15) is 0 Å². The third kappa shape index (κ3) is 2.22. The lowest BCUT2D eigenvalue weighted by Crippen LogP contribution is -2.17. The first-order valence-electron chi connectivity index (χ1n) is 6.42. The molecule has 3 rings (SSSR count). The van der Waals surface area contributed by atoms with Crippen LogP contribution >= 0.6 is 0 Å². The molecular formula is C15H20N2. The molecule has 0 aliphatic heterocycles. The topological polar surface area (TPSA) is 27.8 Å². The average molecular weight is 228 g/mol. The molecule has 1 heterocycles. The van der Waals surface area contributed by atoms with Crippen molar-refractivity contribution in [1.82, 2.24) is 10.3 Å². The normalized spacial score (nSPS) is 21.9. The van der Waals surface area contributed by atoms with E-state index in [1.165, 1.54) is 22.9 Å². The molecule has 0 spiro atoms. The van der Waals surface area contributed by atoms with Crippen molar-refractivity contribution in [3.05, 3.63) is 36.0 Å². The molecule has 1 fully saturated rings. The Kier molecular flexibility index (Phi) is 2.48. The third-order valence-electron chi connectivity index (χ3n) is 4.06. The van der Waals surface area contributed by atoms with Gasteiger partial charge < -0.3 is 10.3 Å². The van der Waals surface area contributed by atoms with Crippen molar-refractivity contribution in [2.24, 2.45) is 11.3 Å². The standard InChI is InChI=1S/C15H20N2/c1-15(2)8-13(15)10-16-9-11-3-4-12-5-6-17-14(12)7-11/h3-7,13,16-17H,8-10H2,1-2H3. The molecule has 17 heavy (non-hydrogen) atoms. The molecule has 2 heteroatoms. The Labute approximate surface area is 102 Å². The summed E-state index contributed by atoms with van der Waals surface area (Å²) in [6.45, 7) is 6.83. The summed E-state index contributed by atoms with van der Waals surface area (Å²) in [5.41, 5.74) is 3.17. The Morgan fingerprint density at radius 3 is 2.94 bits per heavy atom. The SMILES string of the molecule is CC1(C)CC1CNCc1ccc2cc[nH]c2c1. The van der Waals surface area contributed by atoms with Crippen LogP contribution < -0.4 is 5.32 Å². The molecule has 0 saturated heterocycles. The van der Waals surface area contributed by atoms with Crippen molar-refractivity contribution in [2.75, 3.05) is 6.54 Å². The maximum atomic E-state index is 3.56. The van der Waals surface area contributed by atoms with E-state index >= 15 is 0 Å². The van der Waals surface area contributed by atoms with Gasteiger partial charge in [0.25, 0.3) is 0 Å². The number of hydrogen-bond donors (Lipinski definition) is 2. The van der Waals surface area contributed by atoms with Crippen LogP contribution in [0.5, 0.6) is 0 Å². The van der Waals surface area contributed by atoms with E-state index in [4.69, 9.17) is 0 Å². The minimum absolute atomic E-state index is 0.580. The molecule has 1 aromatic carbocycles. The lowest BCUT2D eigenvalue weighted by Gasteiger charge is -2.06. The second kappa shape index (κ2) is 3.88. The summed E-state index contributed by atoms with van der Waals surface area (Å²) >= 11 is 0. The van der Waals surface area contributed by atoms with Gasteiger partial charge in [-0.25, -0.2) is 0 Å². The highest BCUT2D eigenvalue weighted by molar-refractivity contribution is 5.79. The predicted octanol–water partition coefficient (Wildman–Crippen LogP) is 3.30. The first-order valence-corrected chi connectivity index (χ1v) is 6.42. The predicted molar refractivity (Wildman–Crippen MR) is 71.9 cm³/mol. The lowest BCUT2D eigenvalue weighted by atomic mass is 10.1. The number of aromatic amines is 1. The van der Waals surface area contributed by atoms with Crippen molar-refractivity contribution in [2.45, 2.75) is 26.8 Å². The minimum atomic E-state index is 0.580. The fraction of sp³-hybridized carbons (Fsp3) is 0.467. The third-order valence-corrected chi connectivity index (χ3v) is 4.06. The van der Waals surface area contributed by atoms with Crippen LogP contribution in [0.25, 0.3) is 10.9 Å². The smallest absolute Gasteiger partial charge is 0.0457 e. The second-order valence-electron chi connectivity index (χ2n) is 5.92. The number of hydrogen-bond acceptors (Lipinski definition) is 1. The molecule has 1 aromatic heterocycles. The highest BCUT2D eigenvalue weighted by Crippen LogP contribution is 2.50. The van der Waals surface area contributed by atoms with Crippen LogP contribution in [0, 0.1) is 11.3 Å². The van der Waals surface area contributed by atoms with Crippen LogP contribution in [0.1, 0.15) is 25.8 Å². The zero-order valence-electron chi connectivity index (χ0n) is 10.6. The Balaban J connectivity index is 1.57. The minimum Gasteiger partial charge on any atom is -0.361 e. The van der Waals surface area contributed by atoms with Crippen molar-refractivity contribution >= 4 is 10.9 Å². The van der Waals surface area contributed by atoms with Gasteiger partial charge in [-0.1, -0.05) is 26.0 Å². The maximum Gasteiger partial charge on any atom is 0.0457 e. The molecule has 2 aromatic rings. The summed E-state index contributed by atoms with van der Waals surface area (Å²) in [6.07, 6.45) is 3.37. The van der Waals surface area contributed by atoms with Gasteiger partial charge in [0.15, 0.2) is 0 Å². The zero-order valence-corrected chi connectivity index (χ0v) is 10.6. The first kappa shape index (κ1) is 10.8. The van der Waals surface area contributed by atoms with Gasteiger partial charge in [0, 0.05) is 18.3 Å². The molecular weight excluding hydrogens is 208 g/mol. The second-order valence-corrected chi connectivity index (χ2v) is 5.92. The van der Waals surface area contributed by atoms with E-state index in [0.29, 0.717) is 5.41 Å². The number of nitrogens with one attached hydrogen (secondary N) is 2. The zero-order chi connectivity index (χ0) is 11.9. The molecule has 0 amide bonds. The molecule has 2 N–H and O–H groups in total. The Morgan fingerprint density at radius 1 is 1.35 bits per heavy atom. The lowest BCUT2D eigenvalue weighted by molar-refractivity contribution is 0.519. The summed E-state index contributed by atoms with van der Waals surface area (Å²) in [5.74, 6) is 0.872.